The zero-order valence-corrected chi connectivity index (χ0v) is 15.7. The molecule has 2 rings (SSSR count). The van der Waals surface area contributed by atoms with Crippen LogP contribution in [0.5, 0.6) is 5.75 Å². The number of allylic oxidation sites excluding steroid dienone is 2. The topological polar surface area (TPSA) is 174 Å². The van der Waals surface area contributed by atoms with Crippen LogP contribution in [-0.4, -0.2) is 49.2 Å². The number of carbonyl (C=O) groups is 2. The van der Waals surface area contributed by atoms with Crippen molar-refractivity contribution >= 4 is 33.4 Å². The van der Waals surface area contributed by atoms with Crippen molar-refractivity contribution in [2.45, 2.75) is 4.90 Å². The Morgan fingerprint density at radius 1 is 1.14 bits per heavy atom. The fourth-order valence-electron chi connectivity index (χ4n) is 2.42. The number of anilines is 1. The van der Waals surface area contributed by atoms with Gasteiger partial charge in [0.15, 0.2) is 5.75 Å². The summed E-state index contributed by atoms with van der Waals surface area (Å²) in [5, 5.41) is 21.6. The van der Waals surface area contributed by atoms with E-state index in [0.29, 0.717) is 6.07 Å². The van der Waals surface area contributed by atoms with E-state index in [-0.39, 0.29) is 5.57 Å². The minimum atomic E-state index is -5.08. The Kier molecular flexibility index (Phi) is 6.04. The number of non-ortho nitro benzene ring substituents is 1. The summed E-state index contributed by atoms with van der Waals surface area (Å²) in [5.74, 6) is -3.17. The third-order valence-corrected chi connectivity index (χ3v) is 4.54. The van der Waals surface area contributed by atoms with Crippen LogP contribution in [0.15, 0.2) is 52.7 Å². The molecule has 0 unspecified atom stereocenters. The quantitative estimate of drug-likeness (QED) is 0.298. The Morgan fingerprint density at radius 2 is 1.76 bits per heavy atom. The first kappa shape index (κ1) is 21.6. The molecule has 12 nitrogen and oxygen atoms in total. The van der Waals surface area contributed by atoms with Gasteiger partial charge in [0.25, 0.3) is 15.8 Å². The van der Waals surface area contributed by atoms with E-state index in [2.05, 4.69) is 9.47 Å². The van der Waals surface area contributed by atoms with Crippen molar-refractivity contribution < 1.29 is 42.1 Å². The van der Waals surface area contributed by atoms with Gasteiger partial charge in [-0.15, -0.1) is 0 Å². The largest absolute Gasteiger partial charge is 0.504 e. The summed E-state index contributed by atoms with van der Waals surface area (Å²) in [6.07, 6.45) is 4.93. The SMILES string of the molecule is COC(=O)C1=C(C(=O)OC)N(c2cc([N+](=O)[O-])cc(S(=O)(=O)O)c2O)C=CC=C1. The van der Waals surface area contributed by atoms with Crippen molar-refractivity contribution in [3.63, 3.8) is 0 Å². The van der Waals surface area contributed by atoms with Gasteiger partial charge in [0.05, 0.1) is 30.4 Å². The van der Waals surface area contributed by atoms with E-state index in [1.165, 1.54) is 18.2 Å². The molecule has 154 valence electrons. The van der Waals surface area contributed by atoms with Crippen LogP contribution in [0, 0.1) is 10.1 Å². The third kappa shape index (κ3) is 4.25. The smallest absolute Gasteiger partial charge is 0.355 e. The molecule has 0 amide bonds. The van der Waals surface area contributed by atoms with Gasteiger partial charge in [-0.25, -0.2) is 9.59 Å². The Morgan fingerprint density at radius 3 is 2.28 bits per heavy atom. The van der Waals surface area contributed by atoms with Crippen LogP contribution in [0.1, 0.15) is 0 Å². The van der Waals surface area contributed by atoms with Crippen molar-refractivity contribution in [3.05, 3.63) is 57.9 Å². The van der Waals surface area contributed by atoms with E-state index >= 15 is 0 Å². The molecule has 1 aliphatic rings. The number of nitrogens with zero attached hydrogens (tertiary/aromatic N) is 2. The first-order chi connectivity index (χ1) is 13.5. The number of ether oxygens (including phenoxy) is 2. The van der Waals surface area contributed by atoms with E-state index in [1.807, 2.05) is 0 Å². The lowest BCUT2D eigenvalue weighted by molar-refractivity contribution is -0.385. The average molecular weight is 426 g/mol. The number of aromatic hydroxyl groups is 1. The number of phenols is 1. The van der Waals surface area contributed by atoms with Crippen LogP contribution in [-0.2, 0) is 29.2 Å². The van der Waals surface area contributed by atoms with Crippen LogP contribution in [0.3, 0.4) is 0 Å². The lowest BCUT2D eigenvalue weighted by Crippen LogP contribution is -2.27. The average Bonchev–Trinajstić information content (AvgIpc) is 2.88. The van der Waals surface area contributed by atoms with E-state index in [1.54, 1.807) is 0 Å². The molecular formula is C16H14N2O10S. The van der Waals surface area contributed by atoms with Gasteiger partial charge in [-0.2, -0.15) is 8.42 Å². The van der Waals surface area contributed by atoms with E-state index in [0.717, 1.165) is 31.4 Å². The highest BCUT2D eigenvalue weighted by Crippen LogP contribution is 2.40. The standard InChI is InChI=1S/C16H14N2O10S/c1-27-15(20)10-5-3-4-6-17(13(10)16(21)28-2)11-7-9(18(22)23)8-12(14(11)19)29(24,25)26/h3-8,19H,1-2H3,(H,24,25,26). The molecule has 0 aliphatic carbocycles. The van der Waals surface area contributed by atoms with Crippen molar-refractivity contribution in [1.82, 2.24) is 0 Å². The van der Waals surface area contributed by atoms with Crippen molar-refractivity contribution in [2.75, 3.05) is 19.1 Å². The van der Waals surface area contributed by atoms with Gasteiger partial charge in [-0.05, 0) is 12.2 Å². The van der Waals surface area contributed by atoms with Crippen molar-refractivity contribution in [1.29, 1.82) is 0 Å². The van der Waals surface area contributed by atoms with Crippen LogP contribution >= 0.6 is 0 Å². The maximum absolute atomic E-state index is 12.4. The molecular weight excluding hydrogens is 412 g/mol. The summed E-state index contributed by atoms with van der Waals surface area (Å²) in [7, 11) is -3.04. The molecule has 0 bridgehead atoms. The van der Waals surface area contributed by atoms with Crippen LogP contribution in [0.4, 0.5) is 11.4 Å². The highest BCUT2D eigenvalue weighted by atomic mass is 32.2. The molecule has 0 atom stereocenters. The summed E-state index contributed by atoms with van der Waals surface area (Å²) >= 11 is 0. The minimum absolute atomic E-state index is 0.344. The van der Waals surface area contributed by atoms with Gasteiger partial charge < -0.3 is 19.5 Å². The number of nitro benzene ring substituents is 1. The molecule has 0 radical (unpaired) electrons. The Bertz CT molecular complexity index is 1090. The molecule has 1 aromatic carbocycles. The number of carbonyl (C=O) groups excluding carboxylic acids is 2. The second-order valence-electron chi connectivity index (χ2n) is 5.36. The number of hydrogen-bond acceptors (Lipinski definition) is 10. The Balaban J connectivity index is 2.93. The summed E-state index contributed by atoms with van der Waals surface area (Å²) in [4.78, 5) is 34.3. The first-order valence-corrected chi connectivity index (χ1v) is 9.00. The number of rotatable bonds is 5. The zero-order valence-electron chi connectivity index (χ0n) is 14.9. The molecule has 0 fully saturated rings. The summed E-state index contributed by atoms with van der Waals surface area (Å²) in [5.41, 5.74) is -2.28. The van der Waals surface area contributed by atoms with Gasteiger partial charge in [0, 0.05) is 18.3 Å². The second-order valence-corrected chi connectivity index (χ2v) is 6.75. The third-order valence-electron chi connectivity index (χ3n) is 3.68. The molecule has 29 heavy (non-hydrogen) atoms. The highest BCUT2D eigenvalue weighted by Gasteiger charge is 2.32. The fraction of sp³-hybridized carbons (Fsp3) is 0.125. The predicted molar refractivity (Wildman–Crippen MR) is 96.4 cm³/mol. The van der Waals surface area contributed by atoms with Crippen LogP contribution in [0.25, 0.3) is 0 Å². The number of methoxy groups -OCH3 is 2. The van der Waals surface area contributed by atoms with E-state index in [4.69, 9.17) is 0 Å². The number of hydrogen-bond donors (Lipinski definition) is 2. The fourth-order valence-corrected chi connectivity index (χ4v) is 3.03. The predicted octanol–water partition coefficient (Wildman–Crippen LogP) is 1.04. The Hall–Kier alpha value is -3.71. The van der Waals surface area contributed by atoms with Gasteiger partial charge in [-0.1, -0.05) is 6.08 Å². The maximum atomic E-state index is 12.4. The summed E-state index contributed by atoms with van der Waals surface area (Å²) in [6.45, 7) is 0. The zero-order chi connectivity index (χ0) is 21.9. The number of phenolic OH excluding ortho intramolecular Hbond substituents is 1. The van der Waals surface area contributed by atoms with Gasteiger partial charge in [0.2, 0.25) is 0 Å². The number of esters is 2. The lowest BCUT2D eigenvalue weighted by Gasteiger charge is -2.24. The summed E-state index contributed by atoms with van der Waals surface area (Å²) < 4.78 is 41.7. The molecule has 2 N–H and O–H groups in total. The molecule has 0 aromatic heterocycles. The van der Waals surface area contributed by atoms with Crippen LogP contribution < -0.4 is 4.90 Å². The van der Waals surface area contributed by atoms with E-state index < -0.39 is 54.7 Å². The van der Waals surface area contributed by atoms with Gasteiger partial charge in [0.1, 0.15) is 10.6 Å². The van der Waals surface area contributed by atoms with Gasteiger partial charge in [-0.3, -0.25) is 14.7 Å². The Labute approximate surface area is 163 Å². The normalized spacial score (nSPS) is 13.8. The highest BCUT2D eigenvalue weighted by molar-refractivity contribution is 7.86. The minimum Gasteiger partial charge on any atom is -0.504 e. The lowest BCUT2D eigenvalue weighted by atomic mass is 10.1. The first-order valence-electron chi connectivity index (χ1n) is 7.56. The number of nitro groups is 1. The maximum Gasteiger partial charge on any atom is 0.355 e. The monoisotopic (exact) mass is 426 g/mol. The molecule has 0 spiro atoms. The summed E-state index contributed by atoms with van der Waals surface area (Å²) in [6, 6.07) is 1.19. The molecule has 13 heteroatoms. The van der Waals surface area contributed by atoms with Gasteiger partial charge >= 0.3 is 11.9 Å². The molecule has 1 aliphatic heterocycles. The van der Waals surface area contributed by atoms with E-state index in [9.17, 15) is 37.8 Å². The molecule has 0 saturated carbocycles. The molecule has 1 aromatic rings. The van der Waals surface area contributed by atoms with Crippen LogP contribution in [0.2, 0.25) is 0 Å². The molecule has 0 saturated heterocycles. The van der Waals surface area contributed by atoms with Crippen molar-refractivity contribution in [2.24, 2.45) is 0 Å². The molecule has 1 heterocycles. The van der Waals surface area contributed by atoms with Crippen molar-refractivity contribution in [3.8, 4) is 5.75 Å². The number of benzene rings is 1. The second kappa shape index (κ2) is 8.12.